The van der Waals surface area contributed by atoms with E-state index in [0.29, 0.717) is 10.5 Å². The van der Waals surface area contributed by atoms with E-state index in [1.165, 1.54) is 31.4 Å². The number of hydrogen-bond donors (Lipinski definition) is 0. The standard InChI is InChI=1S/C10H9NO4S2/c1-15-8-6-10(16-7-8)17(13,14)9-4-2-3-5-11(9)12/h2-7H,1H3. The van der Waals surface area contributed by atoms with E-state index in [9.17, 15) is 13.6 Å². The number of aromatic nitrogens is 1. The van der Waals surface area contributed by atoms with E-state index in [4.69, 9.17) is 4.74 Å². The van der Waals surface area contributed by atoms with Crippen molar-refractivity contribution in [1.29, 1.82) is 0 Å². The molecule has 0 radical (unpaired) electrons. The molecule has 5 nitrogen and oxygen atoms in total. The fourth-order valence-electron chi connectivity index (χ4n) is 1.27. The molecule has 0 amide bonds. The molecule has 0 fully saturated rings. The summed E-state index contributed by atoms with van der Waals surface area (Å²) < 4.78 is 29.6. The van der Waals surface area contributed by atoms with Gasteiger partial charge in [-0.05, 0) is 6.07 Å². The Bertz CT molecular complexity index is 633. The Labute approximate surface area is 102 Å². The van der Waals surface area contributed by atoms with Crippen LogP contribution >= 0.6 is 11.3 Å². The van der Waals surface area contributed by atoms with Gasteiger partial charge in [0.1, 0.15) is 9.96 Å². The number of hydrogen-bond acceptors (Lipinski definition) is 5. The van der Waals surface area contributed by atoms with Crippen LogP contribution in [0.2, 0.25) is 0 Å². The first-order valence-electron chi connectivity index (χ1n) is 4.61. The van der Waals surface area contributed by atoms with Crippen LogP contribution in [-0.4, -0.2) is 15.5 Å². The molecule has 0 spiro atoms. The second kappa shape index (κ2) is 4.34. The van der Waals surface area contributed by atoms with Crippen molar-refractivity contribution in [2.24, 2.45) is 0 Å². The van der Waals surface area contributed by atoms with Crippen LogP contribution in [0.1, 0.15) is 0 Å². The molecule has 0 aliphatic rings. The van der Waals surface area contributed by atoms with E-state index < -0.39 is 9.84 Å². The summed E-state index contributed by atoms with van der Waals surface area (Å²) >= 11 is 1.02. The van der Waals surface area contributed by atoms with Gasteiger partial charge in [0.25, 0.3) is 9.84 Å². The number of pyridine rings is 1. The third-order valence-corrected chi connectivity index (χ3v) is 5.28. The topological polar surface area (TPSA) is 70.3 Å². The van der Waals surface area contributed by atoms with Crippen molar-refractivity contribution in [1.82, 2.24) is 0 Å². The van der Waals surface area contributed by atoms with Crippen LogP contribution in [-0.2, 0) is 9.84 Å². The Morgan fingerprint density at radius 1 is 1.41 bits per heavy atom. The quantitative estimate of drug-likeness (QED) is 0.621. The molecule has 90 valence electrons. The van der Waals surface area contributed by atoms with Crippen LogP contribution in [0.5, 0.6) is 5.75 Å². The third kappa shape index (κ3) is 2.11. The van der Waals surface area contributed by atoms with Gasteiger partial charge in [-0.25, -0.2) is 8.42 Å². The molecule has 0 saturated carbocycles. The molecule has 2 aromatic heterocycles. The zero-order valence-electron chi connectivity index (χ0n) is 8.86. The van der Waals surface area contributed by atoms with Crippen molar-refractivity contribution in [3.05, 3.63) is 41.0 Å². The van der Waals surface area contributed by atoms with Gasteiger partial charge in [0.05, 0.1) is 7.11 Å². The van der Waals surface area contributed by atoms with Crippen molar-refractivity contribution in [3.63, 3.8) is 0 Å². The van der Waals surface area contributed by atoms with E-state index in [2.05, 4.69) is 0 Å². The molecule has 2 heterocycles. The lowest BCUT2D eigenvalue weighted by molar-refractivity contribution is -0.646. The van der Waals surface area contributed by atoms with Gasteiger partial charge >= 0.3 is 5.03 Å². The predicted octanol–water partition coefficient (Wildman–Crippen LogP) is 1.22. The highest BCUT2D eigenvalue weighted by Gasteiger charge is 2.27. The molecule has 0 atom stereocenters. The lowest BCUT2D eigenvalue weighted by Gasteiger charge is -2.02. The minimum absolute atomic E-state index is 0.0881. The second-order valence-corrected chi connectivity index (χ2v) is 6.21. The summed E-state index contributed by atoms with van der Waals surface area (Å²) in [7, 11) is -2.32. The van der Waals surface area contributed by atoms with E-state index in [0.717, 1.165) is 17.5 Å². The molecule has 0 aromatic carbocycles. The van der Waals surface area contributed by atoms with Crippen LogP contribution in [0.25, 0.3) is 0 Å². The van der Waals surface area contributed by atoms with Crippen LogP contribution in [0.15, 0.2) is 45.1 Å². The molecule has 0 saturated heterocycles. The number of ether oxygens (including phenoxy) is 1. The molecule has 7 heteroatoms. The van der Waals surface area contributed by atoms with E-state index >= 15 is 0 Å². The normalized spacial score (nSPS) is 11.4. The third-order valence-electron chi connectivity index (χ3n) is 2.12. The average molecular weight is 271 g/mol. The Morgan fingerprint density at radius 2 is 2.18 bits per heavy atom. The molecule has 2 aromatic rings. The zero-order valence-corrected chi connectivity index (χ0v) is 10.5. The van der Waals surface area contributed by atoms with E-state index in [1.807, 2.05) is 0 Å². The fraction of sp³-hybridized carbons (Fsp3) is 0.100. The van der Waals surface area contributed by atoms with Crippen molar-refractivity contribution >= 4 is 21.2 Å². The molecule has 0 aliphatic heterocycles. The average Bonchev–Trinajstić information content (AvgIpc) is 2.78. The van der Waals surface area contributed by atoms with Gasteiger partial charge in [0.2, 0.25) is 0 Å². The highest BCUT2D eigenvalue weighted by Crippen LogP contribution is 2.28. The fourth-order valence-corrected chi connectivity index (χ4v) is 3.79. The molecule has 2 rings (SSSR count). The lowest BCUT2D eigenvalue weighted by atomic mass is 10.5. The van der Waals surface area contributed by atoms with E-state index in [1.54, 1.807) is 5.38 Å². The largest absolute Gasteiger partial charge is 0.618 e. The number of methoxy groups -OCH3 is 1. The van der Waals surface area contributed by atoms with Crippen molar-refractivity contribution in [2.45, 2.75) is 9.24 Å². The van der Waals surface area contributed by atoms with Gasteiger partial charge in [-0.2, -0.15) is 4.73 Å². The highest BCUT2D eigenvalue weighted by atomic mass is 32.2. The maximum Gasteiger partial charge on any atom is 0.314 e. The van der Waals surface area contributed by atoms with Crippen LogP contribution in [0.3, 0.4) is 0 Å². The van der Waals surface area contributed by atoms with Crippen LogP contribution < -0.4 is 9.47 Å². The summed E-state index contributed by atoms with van der Waals surface area (Å²) in [6.45, 7) is 0. The maximum atomic E-state index is 12.1. The Hall–Kier alpha value is -1.60. The summed E-state index contributed by atoms with van der Waals surface area (Å²) in [6, 6.07) is 5.65. The Morgan fingerprint density at radius 3 is 2.76 bits per heavy atom. The molecule has 17 heavy (non-hydrogen) atoms. The molecular formula is C10H9NO4S2. The predicted molar refractivity (Wildman–Crippen MR) is 61.7 cm³/mol. The number of rotatable bonds is 3. The van der Waals surface area contributed by atoms with Crippen molar-refractivity contribution < 1.29 is 17.9 Å². The van der Waals surface area contributed by atoms with Gasteiger partial charge < -0.3 is 9.94 Å². The molecule has 0 bridgehead atoms. The summed E-state index contributed by atoms with van der Waals surface area (Å²) in [5.41, 5.74) is 0. The van der Waals surface area contributed by atoms with Gasteiger partial charge in [-0.15, -0.1) is 11.3 Å². The minimum Gasteiger partial charge on any atom is -0.618 e. The monoisotopic (exact) mass is 271 g/mol. The van der Waals surface area contributed by atoms with E-state index in [-0.39, 0.29) is 9.24 Å². The number of sulfone groups is 1. The first kappa shape index (κ1) is 11.9. The molecular weight excluding hydrogens is 262 g/mol. The zero-order chi connectivity index (χ0) is 12.5. The van der Waals surface area contributed by atoms with Crippen LogP contribution in [0, 0.1) is 5.21 Å². The van der Waals surface area contributed by atoms with Gasteiger partial charge in [-0.3, -0.25) is 0 Å². The molecule has 0 unspecified atom stereocenters. The Balaban J connectivity index is 2.54. The first-order valence-corrected chi connectivity index (χ1v) is 6.98. The maximum absolute atomic E-state index is 12.1. The minimum atomic E-state index is -3.77. The number of thiophene rings is 1. The smallest absolute Gasteiger partial charge is 0.314 e. The summed E-state index contributed by atoms with van der Waals surface area (Å²) in [6.07, 6.45) is 1.15. The van der Waals surface area contributed by atoms with Gasteiger partial charge in [0, 0.05) is 23.6 Å². The van der Waals surface area contributed by atoms with Gasteiger partial charge in [0.15, 0.2) is 6.20 Å². The molecule has 0 aliphatic carbocycles. The van der Waals surface area contributed by atoms with Crippen LogP contribution in [0.4, 0.5) is 0 Å². The summed E-state index contributed by atoms with van der Waals surface area (Å²) in [5, 5.41) is 12.7. The Kier molecular flexibility index (Phi) is 3.03. The van der Waals surface area contributed by atoms with Crippen molar-refractivity contribution in [3.8, 4) is 5.75 Å². The summed E-state index contributed by atoms with van der Waals surface area (Å²) in [5.74, 6) is 0.460. The van der Waals surface area contributed by atoms with Crippen molar-refractivity contribution in [2.75, 3.05) is 7.11 Å². The highest BCUT2D eigenvalue weighted by molar-refractivity contribution is 7.93. The second-order valence-electron chi connectivity index (χ2n) is 3.17. The summed E-state index contributed by atoms with van der Waals surface area (Å²) in [4.78, 5) is 0. The SMILES string of the molecule is COc1csc(S(=O)(=O)c2cccc[n+]2[O-])c1. The first-order chi connectivity index (χ1) is 8.05. The lowest BCUT2D eigenvalue weighted by Crippen LogP contribution is -2.32. The van der Waals surface area contributed by atoms with Gasteiger partial charge in [-0.1, -0.05) is 0 Å². The number of nitrogens with zero attached hydrogens (tertiary/aromatic N) is 1. The molecule has 0 N–H and O–H groups in total.